The van der Waals surface area contributed by atoms with Crippen molar-refractivity contribution >= 4 is 11.8 Å². The summed E-state index contributed by atoms with van der Waals surface area (Å²) in [6, 6.07) is 8.25. The largest absolute Gasteiger partial charge is 0.499 e. The van der Waals surface area contributed by atoms with Crippen LogP contribution >= 0.6 is 0 Å². The van der Waals surface area contributed by atoms with E-state index in [9.17, 15) is 9.59 Å². The molecule has 0 saturated heterocycles. The number of carbonyl (C=O) groups is 2. The van der Waals surface area contributed by atoms with E-state index in [2.05, 4.69) is 6.58 Å². The minimum absolute atomic E-state index is 0.00173. The summed E-state index contributed by atoms with van der Waals surface area (Å²) < 4.78 is 58.4. The molecule has 0 atom stereocenters. The Bertz CT molecular complexity index is 779. The van der Waals surface area contributed by atoms with E-state index in [0.29, 0.717) is 124 Å². The van der Waals surface area contributed by atoms with Crippen molar-refractivity contribution < 1.29 is 61.7 Å². The molecule has 1 aromatic rings. The Hall–Kier alpha value is -2.46. The van der Waals surface area contributed by atoms with Crippen LogP contribution in [0.15, 0.2) is 43.2 Å². The maximum atomic E-state index is 11.9. The fourth-order valence-corrected chi connectivity index (χ4v) is 3.02. The maximum absolute atomic E-state index is 11.9. The van der Waals surface area contributed by atoms with Crippen molar-refractivity contribution in [2.75, 3.05) is 132 Å². The highest BCUT2D eigenvalue weighted by Gasteiger charge is 2.17. The quantitative estimate of drug-likeness (QED) is 0.0373. The van der Waals surface area contributed by atoms with Crippen LogP contribution in [0, 0.1) is 0 Å². The summed E-state index contributed by atoms with van der Waals surface area (Å²) in [6.45, 7) is 12.1. The van der Waals surface area contributed by atoms with Gasteiger partial charge in [-0.05, 0) is 0 Å². The monoisotopic (exact) mass is 616 g/mol. The van der Waals surface area contributed by atoms with Crippen LogP contribution in [0.4, 0.5) is 0 Å². The molecule has 43 heavy (non-hydrogen) atoms. The molecule has 13 nitrogen and oxygen atoms in total. The number of ether oxygens (including phenoxy) is 11. The van der Waals surface area contributed by atoms with Crippen molar-refractivity contribution in [2.24, 2.45) is 0 Å². The van der Waals surface area contributed by atoms with Crippen molar-refractivity contribution in [2.45, 2.75) is 0 Å². The number of benzene rings is 1. The Morgan fingerprint density at radius 2 is 0.767 bits per heavy atom. The van der Waals surface area contributed by atoms with E-state index in [1.54, 1.807) is 30.3 Å². The third kappa shape index (κ3) is 25.7. The molecular weight excluding hydrogens is 568 g/mol. The number of hydrogen-bond acceptors (Lipinski definition) is 13. The molecule has 0 amide bonds. The van der Waals surface area contributed by atoms with E-state index in [1.807, 2.05) is 0 Å². The zero-order valence-electron chi connectivity index (χ0n) is 25.1. The van der Waals surface area contributed by atoms with Gasteiger partial charge in [-0.15, -0.1) is 0 Å². The number of Topliss-reactive ketones (excluding diaryl/α,β-unsaturated/α-hetero) is 1. The molecule has 0 fully saturated rings. The lowest BCUT2D eigenvalue weighted by Gasteiger charge is -2.09. The predicted molar refractivity (Wildman–Crippen MR) is 155 cm³/mol. The Balaban J connectivity index is 1.68. The first-order valence-electron chi connectivity index (χ1n) is 14.4. The first-order valence-corrected chi connectivity index (χ1v) is 14.4. The summed E-state index contributed by atoms with van der Waals surface area (Å²) in [7, 11) is 0. The van der Waals surface area contributed by atoms with Crippen LogP contribution in [-0.2, 0) is 56.9 Å². The lowest BCUT2D eigenvalue weighted by Crippen LogP contribution is -2.20. The smallest absolute Gasteiger partial charge is 0.379 e. The summed E-state index contributed by atoms with van der Waals surface area (Å²) in [6.07, 6.45) is 1.39. The molecule has 0 unspecified atom stereocenters. The van der Waals surface area contributed by atoms with E-state index in [1.165, 1.54) is 6.26 Å². The van der Waals surface area contributed by atoms with Crippen LogP contribution < -0.4 is 0 Å². The third-order valence-corrected chi connectivity index (χ3v) is 5.12. The molecule has 13 heteroatoms. The summed E-state index contributed by atoms with van der Waals surface area (Å²) in [4.78, 5) is 23.6. The number of ketones is 1. The molecule has 246 valence electrons. The average Bonchev–Trinajstić information content (AvgIpc) is 3.03. The van der Waals surface area contributed by atoms with Gasteiger partial charge in [-0.25, -0.2) is 4.79 Å². The van der Waals surface area contributed by atoms with E-state index in [-0.39, 0.29) is 13.2 Å². The minimum Gasteiger partial charge on any atom is -0.499 e. The number of hydrogen-bond donors (Lipinski definition) is 0. The second-order valence-electron chi connectivity index (χ2n) is 8.38. The molecule has 0 heterocycles. The van der Waals surface area contributed by atoms with E-state index < -0.39 is 11.8 Å². The van der Waals surface area contributed by atoms with Gasteiger partial charge in [-0.2, -0.15) is 0 Å². The highest BCUT2D eigenvalue weighted by molar-refractivity contribution is 6.40. The van der Waals surface area contributed by atoms with Crippen LogP contribution in [0.25, 0.3) is 0 Å². The zero-order chi connectivity index (χ0) is 30.9. The van der Waals surface area contributed by atoms with Gasteiger partial charge < -0.3 is 52.1 Å². The first kappa shape index (κ1) is 38.6. The van der Waals surface area contributed by atoms with Gasteiger partial charge in [0.05, 0.1) is 125 Å². The SMILES string of the molecule is C=COCCOCCOCCOCCOCCOCCOCCOCCOCCOCCOC(=O)C(=O)c1ccccc1. The lowest BCUT2D eigenvalue weighted by atomic mass is 10.1. The molecule has 1 aromatic carbocycles. The van der Waals surface area contributed by atoms with Crippen molar-refractivity contribution in [1.82, 2.24) is 0 Å². The Kier molecular flexibility index (Phi) is 27.8. The second-order valence-corrected chi connectivity index (χ2v) is 8.38. The molecule has 0 aliphatic heterocycles. The van der Waals surface area contributed by atoms with Crippen LogP contribution in [0.3, 0.4) is 0 Å². The summed E-state index contributed by atoms with van der Waals surface area (Å²) in [5.41, 5.74) is 0.296. The van der Waals surface area contributed by atoms with Crippen LogP contribution in [0.2, 0.25) is 0 Å². The molecule has 0 N–H and O–H groups in total. The first-order chi connectivity index (χ1) is 21.3. The molecule has 0 saturated carbocycles. The highest BCUT2D eigenvalue weighted by Crippen LogP contribution is 2.01. The van der Waals surface area contributed by atoms with Gasteiger partial charge in [-0.1, -0.05) is 36.9 Å². The summed E-state index contributed by atoms with van der Waals surface area (Å²) in [5, 5.41) is 0. The predicted octanol–water partition coefficient (Wildman–Crippen LogP) is 1.72. The zero-order valence-corrected chi connectivity index (χ0v) is 25.1. The summed E-state index contributed by atoms with van der Waals surface area (Å²) in [5.74, 6) is -1.57. The van der Waals surface area contributed by atoms with Gasteiger partial charge in [0.1, 0.15) is 13.2 Å². The van der Waals surface area contributed by atoms with Crippen LogP contribution in [0.5, 0.6) is 0 Å². The molecule has 0 aliphatic carbocycles. The molecular formula is C30H48O13. The maximum Gasteiger partial charge on any atom is 0.379 e. The third-order valence-electron chi connectivity index (χ3n) is 5.12. The molecule has 0 radical (unpaired) electrons. The standard InChI is InChI=1S/C30H48O13/c1-2-33-8-9-34-10-11-35-12-13-36-14-15-37-16-17-38-18-19-39-20-21-40-22-23-41-24-25-42-26-27-43-30(32)29(31)28-6-4-3-5-7-28/h2-7H,1,8-27H2. The average molecular weight is 617 g/mol. The Morgan fingerprint density at radius 1 is 0.465 bits per heavy atom. The molecule has 0 aliphatic rings. The fraction of sp³-hybridized carbons (Fsp3) is 0.667. The molecule has 0 aromatic heterocycles. The van der Waals surface area contributed by atoms with Gasteiger partial charge in [0, 0.05) is 5.56 Å². The van der Waals surface area contributed by atoms with Gasteiger partial charge in [0.25, 0.3) is 5.78 Å². The lowest BCUT2D eigenvalue weighted by molar-refractivity contribution is -0.139. The van der Waals surface area contributed by atoms with E-state index in [0.717, 1.165) is 0 Å². The Labute approximate surface area is 254 Å². The molecule has 1 rings (SSSR count). The normalized spacial score (nSPS) is 11.0. The van der Waals surface area contributed by atoms with Crippen LogP contribution in [-0.4, -0.2) is 144 Å². The van der Waals surface area contributed by atoms with Crippen molar-refractivity contribution in [3.8, 4) is 0 Å². The van der Waals surface area contributed by atoms with Crippen molar-refractivity contribution in [1.29, 1.82) is 0 Å². The fourth-order valence-electron chi connectivity index (χ4n) is 3.02. The van der Waals surface area contributed by atoms with Gasteiger partial charge in [0.2, 0.25) is 0 Å². The highest BCUT2D eigenvalue weighted by atomic mass is 16.6. The van der Waals surface area contributed by atoms with Crippen LogP contribution in [0.1, 0.15) is 10.4 Å². The van der Waals surface area contributed by atoms with Gasteiger partial charge in [-0.3, -0.25) is 4.79 Å². The molecule has 0 bridgehead atoms. The van der Waals surface area contributed by atoms with Crippen molar-refractivity contribution in [3.05, 3.63) is 48.7 Å². The minimum atomic E-state index is -0.897. The van der Waals surface area contributed by atoms with Gasteiger partial charge >= 0.3 is 5.97 Å². The number of rotatable bonds is 33. The van der Waals surface area contributed by atoms with Gasteiger partial charge in [0.15, 0.2) is 0 Å². The van der Waals surface area contributed by atoms with E-state index >= 15 is 0 Å². The number of carbonyl (C=O) groups excluding carboxylic acids is 2. The Morgan fingerprint density at radius 3 is 1.09 bits per heavy atom. The number of esters is 1. The topological polar surface area (TPSA) is 136 Å². The van der Waals surface area contributed by atoms with E-state index in [4.69, 9.17) is 52.1 Å². The molecule has 0 spiro atoms. The van der Waals surface area contributed by atoms with Crippen molar-refractivity contribution in [3.63, 3.8) is 0 Å². The second kappa shape index (κ2) is 31.0. The summed E-state index contributed by atoms with van der Waals surface area (Å²) >= 11 is 0.